The number of amides is 1. The second kappa shape index (κ2) is 8.87. The molecule has 5 nitrogen and oxygen atoms in total. The summed E-state index contributed by atoms with van der Waals surface area (Å²) in [5.41, 5.74) is 5.17. The first-order valence-corrected chi connectivity index (χ1v) is 12.1. The number of aliphatic hydroxyl groups excluding tert-OH is 1. The average Bonchev–Trinajstić information content (AvgIpc) is 2.77. The van der Waals surface area contributed by atoms with Crippen molar-refractivity contribution in [1.82, 2.24) is 10.2 Å². The van der Waals surface area contributed by atoms with E-state index in [4.69, 9.17) is 9.84 Å². The van der Waals surface area contributed by atoms with Gasteiger partial charge in [-0.05, 0) is 85.9 Å². The van der Waals surface area contributed by atoms with Gasteiger partial charge in [-0.1, -0.05) is 24.6 Å². The SMILES string of the molecule is Cc1cc(-c2ccc3c(c2)CCC2(CCN(C4CCC4)CC2)O3)ccc1C(=O)NCCO. The molecule has 1 saturated heterocycles. The largest absolute Gasteiger partial charge is 0.487 e. The first-order chi connectivity index (χ1) is 15.6. The number of benzene rings is 2. The highest BCUT2D eigenvalue weighted by Crippen LogP contribution is 2.42. The number of hydrogen-bond acceptors (Lipinski definition) is 4. The van der Waals surface area contributed by atoms with Crippen molar-refractivity contribution in [3.05, 3.63) is 53.1 Å². The minimum Gasteiger partial charge on any atom is -0.487 e. The molecular weight excluding hydrogens is 400 g/mol. The molecule has 2 aromatic rings. The Labute approximate surface area is 190 Å². The number of piperidine rings is 1. The second-order valence-corrected chi connectivity index (χ2v) is 9.74. The summed E-state index contributed by atoms with van der Waals surface area (Å²) in [4.78, 5) is 14.9. The number of carbonyl (C=O) groups excluding carboxylic acids is 1. The molecule has 1 spiro atoms. The van der Waals surface area contributed by atoms with E-state index in [-0.39, 0.29) is 24.7 Å². The van der Waals surface area contributed by atoms with E-state index in [9.17, 15) is 4.79 Å². The summed E-state index contributed by atoms with van der Waals surface area (Å²) in [5, 5.41) is 11.6. The van der Waals surface area contributed by atoms with Crippen LogP contribution in [0.1, 0.15) is 60.0 Å². The van der Waals surface area contributed by atoms with E-state index >= 15 is 0 Å². The lowest BCUT2D eigenvalue weighted by Gasteiger charge is -2.48. The molecule has 1 aliphatic carbocycles. The van der Waals surface area contributed by atoms with Gasteiger partial charge in [-0.25, -0.2) is 0 Å². The van der Waals surface area contributed by atoms with Crippen LogP contribution in [0.3, 0.4) is 0 Å². The molecule has 2 heterocycles. The lowest BCUT2D eigenvalue weighted by Crippen LogP contribution is -2.53. The maximum atomic E-state index is 12.2. The molecule has 2 fully saturated rings. The minimum atomic E-state index is -0.143. The van der Waals surface area contributed by atoms with Crippen molar-refractivity contribution in [2.45, 2.75) is 63.5 Å². The Morgan fingerprint density at radius 2 is 1.88 bits per heavy atom. The zero-order valence-corrected chi connectivity index (χ0v) is 19.0. The summed E-state index contributed by atoms with van der Waals surface area (Å²) >= 11 is 0. The summed E-state index contributed by atoms with van der Waals surface area (Å²) in [7, 11) is 0. The third kappa shape index (κ3) is 4.16. The van der Waals surface area contributed by atoms with Gasteiger partial charge in [0.05, 0.1) is 6.61 Å². The molecule has 0 atom stereocenters. The first kappa shape index (κ1) is 21.5. The van der Waals surface area contributed by atoms with Crippen molar-refractivity contribution < 1.29 is 14.6 Å². The van der Waals surface area contributed by atoms with Crippen molar-refractivity contribution in [3.63, 3.8) is 0 Å². The zero-order valence-electron chi connectivity index (χ0n) is 19.0. The van der Waals surface area contributed by atoms with E-state index in [1.165, 1.54) is 37.9 Å². The van der Waals surface area contributed by atoms with E-state index in [1.54, 1.807) is 0 Å². The van der Waals surface area contributed by atoms with E-state index in [0.717, 1.165) is 54.2 Å². The Hall–Kier alpha value is -2.37. The predicted octanol–water partition coefficient (Wildman–Crippen LogP) is 4.10. The monoisotopic (exact) mass is 434 g/mol. The minimum absolute atomic E-state index is 0.0227. The molecule has 2 aromatic carbocycles. The van der Waals surface area contributed by atoms with Gasteiger partial charge < -0.3 is 20.1 Å². The molecule has 1 saturated carbocycles. The number of aliphatic hydroxyl groups is 1. The van der Waals surface area contributed by atoms with Crippen LogP contribution in [-0.4, -0.2) is 53.8 Å². The summed E-state index contributed by atoms with van der Waals surface area (Å²) < 4.78 is 6.64. The summed E-state index contributed by atoms with van der Waals surface area (Å²) in [6.07, 6.45) is 8.61. The molecule has 5 heteroatoms. The number of fused-ring (bicyclic) bond motifs is 1. The fraction of sp³-hybridized carbons (Fsp3) is 0.519. The topological polar surface area (TPSA) is 61.8 Å². The summed E-state index contributed by atoms with van der Waals surface area (Å²) in [6.45, 7) is 4.52. The molecule has 170 valence electrons. The molecular formula is C27H34N2O3. The van der Waals surface area contributed by atoms with Gasteiger partial charge >= 0.3 is 0 Å². The third-order valence-corrected chi connectivity index (χ3v) is 7.74. The van der Waals surface area contributed by atoms with Gasteiger partial charge in [0.1, 0.15) is 11.4 Å². The summed E-state index contributed by atoms with van der Waals surface area (Å²) in [6, 6.07) is 13.3. The average molecular weight is 435 g/mol. The van der Waals surface area contributed by atoms with E-state index in [2.05, 4.69) is 34.5 Å². The Morgan fingerprint density at radius 3 is 2.56 bits per heavy atom. The van der Waals surface area contributed by atoms with Crippen molar-refractivity contribution in [2.24, 2.45) is 0 Å². The summed E-state index contributed by atoms with van der Waals surface area (Å²) in [5.74, 6) is 0.907. The van der Waals surface area contributed by atoms with Crippen molar-refractivity contribution in [1.29, 1.82) is 0 Å². The highest BCUT2D eigenvalue weighted by atomic mass is 16.5. The molecule has 0 radical (unpaired) electrons. The van der Waals surface area contributed by atoms with Gasteiger partial charge in [-0.2, -0.15) is 0 Å². The molecule has 2 aliphatic heterocycles. The van der Waals surface area contributed by atoms with Gasteiger partial charge in [0, 0.05) is 31.2 Å². The van der Waals surface area contributed by atoms with Crippen LogP contribution >= 0.6 is 0 Å². The predicted molar refractivity (Wildman–Crippen MR) is 126 cm³/mol. The van der Waals surface area contributed by atoms with Crippen LogP contribution in [0.15, 0.2) is 36.4 Å². The lowest BCUT2D eigenvalue weighted by atomic mass is 9.81. The maximum Gasteiger partial charge on any atom is 0.251 e. The van der Waals surface area contributed by atoms with Crippen molar-refractivity contribution in [2.75, 3.05) is 26.2 Å². The number of nitrogens with one attached hydrogen (secondary N) is 1. The van der Waals surface area contributed by atoms with Gasteiger partial charge in [-0.3, -0.25) is 4.79 Å². The maximum absolute atomic E-state index is 12.2. The van der Waals surface area contributed by atoms with Crippen LogP contribution in [0.2, 0.25) is 0 Å². The van der Waals surface area contributed by atoms with Crippen LogP contribution in [-0.2, 0) is 6.42 Å². The van der Waals surface area contributed by atoms with E-state index < -0.39 is 0 Å². The normalized spacial score (nSPS) is 20.3. The number of aryl methyl sites for hydroxylation is 2. The van der Waals surface area contributed by atoms with Crippen LogP contribution in [0.25, 0.3) is 11.1 Å². The molecule has 32 heavy (non-hydrogen) atoms. The molecule has 1 amide bonds. The number of ether oxygens (including phenoxy) is 1. The molecule has 0 aromatic heterocycles. The number of carbonyl (C=O) groups is 1. The van der Waals surface area contributed by atoms with Gasteiger partial charge in [0.15, 0.2) is 0 Å². The number of rotatable bonds is 5. The molecule has 5 rings (SSSR count). The Bertz CT molecular complexity index is 990. The quantitative estimate of drug-likeness (QED) is 0.744. The number of nitrogens with zero attached hydrogens (tertiary/aromatic N) is 1. The Kier molecular flexibility index (Phi) is 5.95. The highest BCUT2D eigenvalue weighted by Gasteiger charge is 2.41. The van der Waals surface area contributed by atoms with E-state index in [0.29, 0.717) is 5.56 Å². The van der Waals surface area contributed by atoms with Crippen LogP contribution in [0.5, 0.6) is 5.75 Å². The zero-order chi connectivity index (χ0) is 22.1. The second-order valence-electron chi connectivity index (χ2n) is 9.74. The smallest absolute Gasteiger partial charge is 0.251 e. The van der Waals surface area contributed by atoms with Gasteiger partial charge in [-0.15, -0.1) is 0 Å². The fourth-order valence-corrected chi connectivity index (χ4v) is 5.46. The first-order valence-electron chi connectivity index (χ1n) is 12.1. The molecule has 0 bridgehead atoms. The Balaban J connectivity index is 1.28. The molecule has 0 unspecified atom stereocenters. The van der Waals surface area contributed by atoms with Crippen LogP contribution in [0, 0.1) is 6.92 Å². The van der Waals surface area contributed by atoms with Crippen LogP contribution < -0.4 is 10.1 Å². The van der Waals surface area contributed by atoms with Gasteiger partial charge in [0.2, 0.25) is 0 Å². The van der Waals surface area contributed by atoms with Gasteiger partial charge in [0.25, 0.3) is 5.91 Å². The molecule has 3 aliphatic rings. The van der Waals surface area contributed by atoms with Crippen molar-refractivity contribution >= 4 is 5.91 Å². The van der Waals surface area contributed by atoms with E-state index in [1.807, 2.05) is 19.1 Å². The molecule has 2 N–H and O–H groups in total. The Morgan fingerprint density at radius 1 is 1.12 bits per heavy atom. The van der Waals surface area contributed by atoms with Crippen molar-refractivity contribution in [3.8, 4) is 16.9 Å². The van der Waals surface area contributed by atoms with Crippen LogP contribution in [0.4, 0.5) is 0 Å². The number of likely N-dealkylation sites (tertiary alicyclic amines) is 1. The number of hydrogen-bond donors (Lipinski definition) is 2. The fourth-order valence-electron chi connectivity index (χ4n) is 5.46. The lowest BCUT2D eigenvalue weighted by molar-refractivity contribution is -0.0336. The highest BCUT2D eigenvalue weighted by molar-refractivity contribution is 5.96. The standard InChI is InChI=1S/C27H34N2O3/c1-19-17-20(5-7-24(19)26(31)28-13-16-30)21-6-8-25-22(18-21)9-10-27(32-25)11-14-29(15-12-27)23-3-2-4-23/h5-8,17-18,23,30H,2-4,9-16H2,1H3,(H,28,31). The third-order valence-electron chi connectivity index (χ3n) is 7.74.